The van der Waals surface area contributed by atoms with Crippen LogP contribution < -0.4 is 5.32 Å². The van der Waals surface area contributed by atoms with Crippen LogP contribution in [0.5, 0.6) is 0 Å². The van der Waals surface area contributed by atoms with E-state index in [1.807, 2.05) is 13.8 Å². The van der Waals surface area contributed by atoms with Crippen LogP contribution in [0.1, 0.15) is 20.3 Å². The summed E-state index contributed by atoms with van der Waals surface area (Å²) < 4.78 is 53.1. The number of anilines is 1. The topological polar surface area (TPSA) is 15.3 Å². The number of nitrogens with one attached hydrogen (secondary N) is 1. The van der Waals surface area contributed by atoms with E-state index in [2.05, 4.69) is 10.2 Å². The van der Waals surface area contributed by atoms with Gasteiger partial charge in [0.05, 0.1) is 0 Å². The third-order valence-corrected chi connectivity index (χ3v) is 3.41. The van der Waals surface area contributed by atoms with E-state index >= 15 is 0 Å². The first-order valence-corrected chi connectivity index (χ1v) is 6.23. The van der Waals surface area contributed by atoms with Crippen LogP contribution >= 0.6 is 0 Å². The molecule has 1 N–H and O–H groups in total. The molecule has 0 aromatic heterocycles. The number of halogens is 4. The number of nitrogens with zero attached hydrogens (tertiary/aromatic N) is 1. The molecule has 0 saturated carbocycles. The lowest BCUT2D eigenvalue weighted by atomic mass is 10.2. The molecule has 106 valence electrons. The van der Waals surface area contributed by atoms with Gasteiger partial charge in [0, 0.05) is 31.2 Å². The summed E-state index contributed by atoms with van der Waals surface area (Å²) >= 11 is 0. The maximum atomic E-state index is 13.5. The minimum atomic E-state index is -1.39. The molecular weight excluding hydrogens is 260 g/mol. The van der Waals surface area contributed by atoms with Gasteiger partial charge < -0.3 is 5.32 Å². The Balaban J connectivity index is 2.16. The highest BCUT2D eigenvalue weighted by Gasteiger charge is 2.27. The molecule has 1 heterocycles. The molecule has 1 aliphatic heterocycles. The Hall–Kier alpha value is -1.30. The first kappa shape index (κ1) is 14.1. The monoisotopic (exact) mass is 276 g/mol. The summed E-state index contributed by atoms with van der Waals surface area (Å²) in [6.07, 6.45) is 0.676. The van der Waals surface area contributed by atoms with Crippen LogP contribution in [-0.2, 0) is 0 Å². The smallest absolute Gasteiger partial charge is 0.185 e. The van der Waals surface area contributed by atoms with Crippen LogP contribution in [0.4, 0.5) is 23.2 Å². The predicted octanol–water partition coefficient (Wildman–Crippen LogP) is 3.14. The zero-order valence-electron chi connectivity index (χ0n) is 10.8. The summed E-state index contributed by atoms with van der Waals surface area (Å²) in [5, 5.41) is 2.57. The van der Waals surface area contributed by atoms with Gasteiger partial charge in [-0.25, -0.2) is 17.6 Å². The zero-order chi connectivity index (χ0) is 14.2. The van der Waals surface area contributed by atoms with Crippen LogP contribution in [0.25, 0.3) is 0 Å². The molecule has 2 rings (SSSR count). The highest BCUT2D eigenvalue weighted by molar-refractivity contribution is 5.48. The number of likely N-dealkylation sites (tertiary alicyclic amines) is 1. The van der Waals surface area contributed by atoms with Gasteiger partial charge in [0.15, 0.2) is 23.3 Å². The molecule has 0 amide bonds. The lowest BCUT2D eigenvalue weighted by Gasteiger charge is -2.21. The van der Waals surface area contributed by atoms with Crippen molar-refractivity contribution in [2.24, 2.45) is 0 Å². The van der Waals surface area contributed by atoms with Crippen molar-refractivity contribution in [3.05, 3.63) is 29.3 Å². The molecule has 1 unspecified atom stereocenters. The maximum absolute atomic E-state index is 13.5. The molecule has 0 radical (unpaired) electrons. The molecule has 0 bridgehead atoms. The van der Waals surface area contributed by atoms with Gasteiger partial charge in [0.25, 0.3) is 0 Å². The van der Waals surface area contributed by atoms with Crippen molar-refractivity contribution in [3.63, 3.8) is 0 Å². The van der Waals surface area contributed by atoms with Crippen molar-refractivity contribution in [1.29, 1.82) is 0 Å². The van der Waals surface area contributed by atoms with Gasteiger partial charge in [-0.05, 0) is 20.3 Å². The van der Waals surface area contributed by atoms with Gasteiger partial charge in [-0.1, -0.05) is 0 Å². The molecule has 6 heteroatoms. The molecule has 1 aromatic carbocycles. The quantitative estimate of drug-likeness (QED) is 0.674. The SMILES string of the molecule is CC(C)N1CCC(Nc2c(F)c(F)cc(F)c2F)C1. The fourth-order valence-corrected chi connectivity index (χ4v) is 2.28. The lowest BCUT2D eigenvalue weighted by Crippen LogP contribution is -2.31. The average Bonchev–Trinajstić information content (AvgIpc) is 2.81. The van der Waals surface area contributed by atoms with E-state index in [-0.39, 0.29) is 12.1 Å². The van der Waals surface area contributed by atoms with E-state index in [1.54, 1.807) is 0 Å². The van der Waals surface area contributed by atoms with Crippen LogP contribution in [0.2, 0.25) is 0 Å². The van der Waals surface area contributed by atoms with Gasteiger partial charge in [-0.15, -0.1) is 0 Å². The van der Waals surface area contributed by atoms with Crippen molar-refractivity contribution < 1.29 is 17.6 Å². The molecule has 2 nitrogen and oxygen atoms in total. The van der Waals surface area contributed by atoms with Crippen molar-refractivity contribution in [3.8, 4) is 0 Å². The van der Waals surface area contributed by atoms with Crippen molar-refractivity contribution in [2.45, 2.75) is 32.4 Å². The highest BCUT2D eigenvalue weighted by atomic mass is 19.2. The van der Waals surface area contributed by atoms with Gasteiger partial charge in [0.2, 0.25) is 0 Å². The molecule has 1 aliphatic rings. The lowest BCUT2D eigenvalue weighted by molar-refractivity contribution is 0.274. The third-order valence-electron chi connectivity index (χ3n) is 3.41. The molecule has 19 heavy (non-hydrogen) atoms. The summed E-state index contributed by atoms with van der Waals surface area (Å²) in [6, 6.07) is 0.323. The maximum Gasteiger partial charge on any atom is 0.185 e. The van der Waals surface area contributed by atoms with Crippen molar-refractivity contribution >= 4 is 5.69 Å². The van der Waals surface area contributed by atoms with E-state index in [0.717, 1.165) is 6.54 Å². The number of rotatable bonds is 3. The second kappa shape index (κ2) is 5.36. The second-order valence-corrected chi connectivity index (χ2v) is 5.06. The second-order valence-electron chi connectivity index (χ2n) is 5.06. The minimum absolute atomic E-state index is 0.213. The van der Waals surface area contributed by atoms with Crippen molar-refractivity contribution in [1.82, 2.24) is 4.90 Å². The normalized spacial score (nSPS) is 20.3. The molecule has 1 saturated heterocycles. The molecular formula is C13H16F4N2. The Bertz CT molecular complexity index is 450. The first-order valence-electron chi connectivity index (χ1n) is 6.23. The fraction of sp³-hybridized carbons (Fsp3) is 0.538. The van der Waals surface area contributed by atoms with Crippen LogP contribution in [0.15, 0.2) is 6.07 Å². The zero-order valence-corrected chi connectivity index (χ0v) is 10.8. The molecule has 0 spiro atoms. The first-order chi connectivity index (χ1) is 8.90. The van der Waals surface area contributed by atoms with E-state index in [1.165, 1.54) is 0 Å². The van der Waals surface area contributed by atoms with Crippen molar-refractivity contribution in [2.75, 3.05) is 18.4 Å². The standard InChI is InChI=1S/C13H16F4N2/c1-7(2)19-4-3-8(6-19)18-13-11(16)9(14)5-10(15)12(13)17/h5,7-8,18H,3-4,6H2,1-2H3. The molecule has 1 fully saturated rings. The summed E-state index contributed by atoms with van der Waals surface area (Å²) in [7, 11) is 0. The average molecular weight is 276 g/mol. The van der Waals surface area contributed by atoms with Crippen LogP contribution in [0, 0.1) is 23.3 Å². The largest absolute Gasteiger partial charge is 0.376 e. The highest BCUT2D eigenvalue weighted by Crippen LogP contribution is 2.26. The molecule has 1 aromatic rings. The Labute approximate surface area is 109 Å². The number of hydrogen-bond donors (Lipinski definition) is 1. The molecule has 1 atom stereocenters. The predicted molar refractivity (Wildman–Crippen MR) is 65.0 cm³/mol. The minimum Gasteiger partial charge on any atom is -0.376 e. The van der Waals surface area contributed by atoms with Crippen LogP contribution in [0.3, 0.4) is 0 Å². The van der Waals surface area contributed by atoms with Crippen LogP contribution in [-0.4, -0.2) is 30.1 Å². The third kappa shape index (κ3) is 2.83. The Morgan fingerprint density at radius 3 is 2.21 bits per heavy atom. The summed E-state index contributed by atoms with van der Waals surface area (Å²) in [5.41, 5.74) is -0.715. The van der Waals surface area contributed by atoms with Gasteiger partial charge in [-0.2, -0.15) is 0 Å². The van der Waals surface area contributed by atoms with Gasteiger partial charge in [0.1, 0.15) is 5.69 Å². The van der Waals surface area contributed by atoms with E-state index in [0.29, 0.717) is 19.0 Å². The molecule has 0 aliphatic carbocycles. The summed E-state index contributed by atoms with van der Waals surface area (Å²) in [6.45, 7) is 5.42. The van der Waals surface area contributed by atoms with E-state index in [9.17, 15) is 17.6 Å². The Morgan fingerprint density at radius 2 is 1.74 bits per heavy atom. The fourth-order valence-electron chi connectivity index (χ4n) is 2.28. The Kier molecular flexibility index (Phi) is 3.99. The van der Waals surface area contributed by atoms with E-state index in [4.69, 9.17) is 0 Å². The Morgan fingerprint density at radius 1 is 1.16 bits per heavy atom. The number of benzene rings is 1. The van der Waals surface area contributed by atoms with E-state index < -0.39 is 29.0 Å². The summed E-state index contributed by atoms with van der Waals surface area (Å²) in [5.74, 6) is -5.52. The number of hydrogen-bond acceptors (Lipinski definition) is 2. The summed E-state index contributed by atoms with van der Waals surface area (Å²) in [4.78, 5) is 2.13. The van der Waals surface area contributed by atoms with Gasteiger partial charge >= 0.3 is 0 Å². The van der Waals surface area contributed by atoms with Gasteiger partial charge in [-0.3, -0.25) is 4.90 Å².